The van der Waals surface area contributed by atoms with Gasteiger partial charge in [-0.15, -0.1) is 0 Å². The number of methoxy groups -OCH3 is 1. The highest BCUT2D eigenvalue weighted by Gasteiger charge is 2.25. The molecule has 0 aromatic heterocycles. The van der Waals surface area contributed by atoms with E-state index >= 15 is 0 Å². The largest absolute Gasteiger partial charge is 0.497 e. The molecule has 0 saturated carbocycles. The Hall–Kier alpha value is -2.79. The number of anilines is 1. The third-order valence-electron chi connectivity index (χ3n) is 6.07. The van der Waals surface area contributed by atoms with E-state index in [0.717, 1.165) is 63.6 Å². The monoisotopic (exact) mass is 405 g/mol. The van der Waals surface area contributed by atoms with Crippen molar-refractivity contribution in [3.8, 4) is 5.75 Å². The fourth-order valence-corrected chi connectivity index (χ4v) is 4.20. The molecule has 4 rings (SSSR count). The van der Waals surface area contributed by atoms with Gasteiger partial charge in [0.05, 0.1) is 7.11 Å². The van der Waals surface area contributed by atoms with Crippen LogP contribution in [0.3, 0.4) is 0 Å². The van der Waals surface area contributed by atoms with E-state index in [4.69, 9.17) is 4.74 Å². The van der Waals surface area contributed by atoms with Crippen LogP contribution in [0.2, 0.25) is 0 Å². The van der Waals surface area contributed by atoms with Gasteiger partial charge in [-0.05, 0) is 43.2 Å². The van der Waals surface area contributed by atoms with Crippen molar-refractivity contribution in [2.75, 3.05) is 51.3 Å². The van der Waals surface area contributed by atoms with Crippen molar-refractivity contribution in [1.82, 2.24) is 9.80 Å². The zero-order valence-corrected chi connectivity index (χ0v) is 18.0. The van der Waals surface area contributed by atoms with Gasteiger partial charge in [-0.1, -0.05) is 35.9 Å². The summed E-state index contributed by atoms with van der Waals surface area (Å²) in [6, 6.07) is 16.8. The predicted octanol–water partition coefficient (Wildman–Crippen LogP) is 3.48. The molecule has 0 radical (unpaired) electrons. The lowest BCUT2D eigenvalue weighted by Crippen LogP contribution is -2.49. The van der Waals surface area contributed by atoms with Crippen LogP contribution in [0.5, 0.6) is 5.75 Å². The van der Waals surface area contributed by atoms with Crippen molar-refractivity contribution < 1.29 is 9.53 Å². The lowest BCUT2D eigenvalue weighted by Gasteiger charge is -2.37. The Balaban J connectivity index is 1.29. The first-order valence-electron chi connectivity index (χ1n) is 10.8. The summed E-state index contributed by atoms with van der Waals surface area (Å²) in [5.74, 6) is 1.11. The number of rotatable bonds is 5. The first-order chi connectivity index (χ1) is 14.6. The number of nitrogens with zero attached hydrogens (tertiary/aromatic N) is 3. The molecule has 5 nitrogen and oxygen atoms in total. The quantitative estimate of drug-likeness (QED) is 0.763. The molecule has 0 N–H and O–H groups in total. The Morgan fingerprint density at radius 2 is 1.77 bits per heavy atom. The minimum Gasteiger partial charge on any atom is -0.497 e. The fourth-order valence-electron chi connectivity index (χ4n) is 4.20. The summed E-state index contributed by atoms with van der Waals surface area (Å²) < 4.78 is 5.32. The van der Waals surface area contributed by atoms with Crippen molar-refractivity contribution in [3.63, 3.8) is 0 Å². The minimum atomic E-state index is 0.222. The van der Waals surface area contributed by atoms with Crippen molar-refractivity contribution in [2.24, 2.45) is 0 Å². The number of piperazine rings is 1. The third kappa shape index (κ3) is 4.85. The first kappa shape index (κ1) is 20.5. The molecule has 2 aromatic rings. The molecule has 2 heterocycles. The third-order valence-corrected chi connectivity index (χ3v) is 6.07. The summed E-state index contributed by atoms with van der Waals surface area (Å²) in [4.78, 5) is 19.8. The molecule has 30 heavy (non-hydrogen) atoms. The van der Waals surface area contributed by atoms with Crippen LogP contribution in [-0.4, -0.2) is 62.1 Å². The Labute approximate surface area is 179 Å². The molecule has 0 aliphatic carbocycles. The maximum absolute atomic E-state index is 13.0. The van der Waals surface area contributed by atoms with Crippen molar-refractivity contribution >= 4 is 11.6 Å². The first-order valence-corrected chi connectivity index (χ1v) is 10.8. The van der Waals surface area contributed by atoms with Gasteiger partial charge in [0.25, 0.3) is 0 Å². The lowest BCUT2D eigenvalue weighted by molar-refractivity contribution is -0.127. The molecule has 2 aliphatic heterocycles. The molecule has 5 heteroatoms. The SMILES string of the molecule is COc1cccc(CN2CC=C(C(=O)N3CCN(c4ccc(C)cc4)CC3)CC2)c1. The average molecular weight is 406 g/mol. The van der Waals surface area contributed by atoms with Gasteiger partial charge >= 0.3 is 0 Å². The van der Waals surface area contributed by atoms with Crippen LogP contribution in [0.4, 0.5) is 5.69 Å². The molecule has 0 bridgehead atoms. The maximum atomic E-state index is 13.0. The summed E-state index contributed by atoms with van der Waals surface area (Å²) in [6.07, 6.45) is 2.94. The molecule has 1 amide bonds. The van der Waals surface area contributed by atoms with E-state index in [1.807, 2.05) is 17.0 Å². The smallest absolute Gasteiger partial charge is 0.249 e. The van der Waals surface area contributed by atoms with E-state index < -0.39 is 0 Å². The van der Waals surface area contributed by atoms with E-state index in [-0.39, 0.29) is 5.91 Å². The Kier molecular flexibility index (Phi) is 6.38. The van der Waals surface area contributed by atoms with Gasteiger partial charge in [-0.25, -0.2) is 0 Å². The number of carbonyl (C=O) groups excluding carboxylic acids is 1. The fraction of sp³-hybridized carbons (Fsp3) is 0.400. The molecule has 2 aromatic carbocycles. The lowest BCUT2D eigenvalue weighted by atomic mass is 10.1. The van der Waals surface area contributed by atoms with Crippen LogP contribution >= 0.6 is 0 Å². The second-order valence-electron chi connectivity index (χ2n) is 8.18. The average Bonchev–Trinajstić information content (AvgIpc) is 2.80. The molecule has 0 unspecified atom stereocenters. The second kappa shape index (κ2) is 9.35. The highest BCUT2D eigenvalue weighted by atomic mass is 16.5. The summed E-state index contributed by atoms with van der Waals surface area (Å²) in [6.45, 7) is 8.09. The van der Waals surface area contributed by atoms with E-state index in [0.29, 0.717) is 0 Å². The summed E-state index contributed by atoms with van der Waals surface area (Å²) in [7, 11) is 1.70. The van der Waals surface area contributed by atoms with Crippen molar-refractivity contribution in [1.29, 1.82) is 0 Å². The highest BCUT2D eigenvalue weighted by Crippen LogP contribution is 2.21. The topological polar surface area (TPSA) is 36.0 Å². The number of amides is 1. The van der Waals surface area contributed by atoms with Gasteiger partial charge in [0, 0.05) is 57.1 Å². The van der Waals surface area contributed by atoms with E-state index in [2.05, 4.69) is 59.2 Å². The summed E-state index contributed by atoms with van der Waals surface area (Å²) in [5, 5.41) is 0. The van der Waals surface area contributed by atoms with Crippen LogP contribution in [0.15, 0.2) is 60.2 Å². The van der Waals surface area contributed by atoms with Crippen LogP contribution in [-0.2, 0) is 11.3 Å². The van der Waals surface area contributed by atoms with E-state index in [1.54, 1.807) is 7.11 Å². The summed E-state index contributed by atoms with van der Waals surface area (Å²) >= 11 is 0. The minimum absolute atomic E-state index is 0.222. The number of hydrogen-bond donors (Lipinski definition) is 0. The molecular formula is C25H31N3O2. The van der Waals surface area contributed by atoms with Crippen LogP contribution in [0.1, 0.15) is 17.5 Å². The Morgan fingerprint density at radius 1 is 1.00 bits per heavy atom. The molecule has 2 aliphatic rings. The highest BCUT2D eigenvalue weighted by molar-refractivity contribution is 5.93. The molecule has 158 valence electrons. The number of carbonyl (C=O) groups is 1. The summed E-state index contributed by atoms with van der Waals surface area (Å²) in [5.41, 5.74) is 4.74. The number of aryl methyl sites for hydroxylation is 1. The van der Waals surface area contributed by atoms with Crippen LogP contribution in [0, 0.1) is 6.92 Å². The van der Waals surface area contributed by atoms with Crippen LogP contribution < -0.4 is 9.64 Å². The second-order valence-corrected chi connectivity index (χ2v) is 8.18. The van der Waals surface area contributed by atoms with Crippen molar-refractivity contribution in [2.45, 2.75) is 19.9 Å². The van der Waals surface area contributed by atoms with Crippen LogP contribution in [0.25, 0.3) is 0 Å². The maximum Gasteiger partial charge on any atom is 0.249 e. The number of hydrogen-bond acceptors (Lipinski definition) is 4. The van der Waals surface area contributed by atoms with Gasteiger partial charge in [0.15, 0.2) is 0 Å². The van der Waals surface area contributed by atoms with E-state index in [1.165, 1.54) is 16.8 Å². The van der Waals surface area contributed by atoms with Gasteiger partial charge in [0.1, 0.15) is 5.75 Å². The van der Waals surface area contributed by atoms with Gasteiger partial charge < -0.3 is 14.5 Å². The number of benzene rings is 2. The standard InChI is InChI=1S/C25H31N3O2/c1-20-6-8-23(9-7-20)27-14-16-28(17-15-27)25(29)22-10-12-26(13-11-22)19-21-4-3-5-24(18-21)30-2/h3-10,18H,11-17,19H2,1-2H3. The molecular weight excluding hydrogens is 374 g/mol. The zero-order valence-electron chi connectivity index (χ0n) is 18.0. The Bertz CT molecular complexity index is 899. The van der Waals surface area contributed by atoms with Gasteiger partial charge in [0.2, 0.25) is 5.91 Å². The van der Waals surface area contributed by atoms with Crippen molar-refractivity contribution in [3.05, 3.63) is 71.3 Å². The normalized spacial score (nSPS) is 17.6. The van der Waals surface area contributed by atoms with Gasteiger partial charge in [-0.3, -0.25) is 9.69 Å². The predicted molar refractivity (Wildman–Crippen MR) is 121 cm³/mol. The Morgan fingerprint density at radius 3 is 2.43 bits per heavy atom. The molecule has 0 atom stereocenters. The van der Waals surface area contributed by atoms with Gasteiger partial charge in [-0.2, -0.15) is 0 Å². The number of ether oxygens (including phenoxy) is 1. The zero-order chi connectivity index (χ0) is 20.9. The van der Waals surface area contributed by atoms with E-state index in [9.17, 15) is 4.79 Å². The molecule has 1 saturated heterocycles. The molecule has 0 spiro atoms. The molecule has 1 fully saturated rings.